The number of ether oxygens (including phenoxy) is 1. The average molecular weight is 264 g/mol. The van der Waals surface area contributed by atoms with Crippen LogP contribution in [0.4, 0.5) is 0 Å². The Hall–Kier alpha value is -1.13. The van der Waals surface area contributed by atoms with Gasteiger partial charge >= 0.3 is 5.97 Å². The molecule has 3 rings (SSSR count). The van der Waals surface area contributed by atoms with Crippen molar-refractivity contribution in [1.29, 1.82) is 0 Å². The normalized spacial score (nSPS) is 49.6. The molecule has 0 radical (unpaired) electrons. The third-order valence-corrected chi connectivity index (χ3v) is 5.49. The summed E-state index contributed by atoms with van der Waals surface area (Å²) in [6.07, 6.45) is 1.43. The molecule has 1 heterocycles. The summed E-state index contributed by atoms with van der Waals surface area (Å²) in [6.45, 7) is 9.67. The lowest BCUT2D eigenvalue weighted by Crippen LogP contribution is -2.59. The highest BCUT2D eigenvalue weighted by Crippen LogP contribution is 2.58. The number of aliphatic hydroxyl groups is 2. The maximum Gasteiger partial charge on any atom is 0.334 e. The van der Waals surface area contributed by atoms with Gasteiger partial charge in [-0.15, -0.1) is 0 Å². The third kappa shape index (κ3) is 1.50. The van der Waals surface area contributed by atoms with E-state index in [1.165, 1.54) is 0 Å². The fourth-order valence-corrected chi connectivity index (χ4v) is 4.02. The van der Waals surface area contributed by atoms with Crippen molar-refractivity contribution in [3.05, 3.63) is 24.3 Å². The van der Waals surface area contributed by atoms with Crippen molar-refractivity contribution in [3.8, 4) is 0 Å². The monoisotopic (exact) mass is 264 g/mol. The van der Waals surface area contributed by atoms with E-state index in [2.05, 4.69) is 13.2 Å². The molecule has 104 valence electrons. The summed E-state index contributed by atoms with van der Waals surface area (Å²) >= 11 is 0. The first kappa shape index (κ1) is 12.9. The molecule has 19 heavy (non-hydrogen) atoms. The molecule has 2 aliphatic carbocycles. The highest BCUT2D eigenvalue weighted by Gasteiger charge is 2.61. The van der Waals surface area contributed by atoms with Gasteiger partial charge in [-0.1, -0.05) is 20.1 Å². The Morgan fingerprint density at radius 2 is 2.05 bits per heavy atom. The van der Waals surface area contributed by atoms with Crippen molar-refractivity contribution in [1.82, 2.24) is 0 Å². The molecular formula is C15H20O4. The molecule has 0 bridgehead atoms. The molecule has 1 saturated heterocycles. The Balaban J connectivity index is 2.00. The van der Waals surface area contributed by atoms with Gasteiger partial charge in [-0.05, 0) is 31.3 Å². The Kier molecular flexibility index (Phi) is 2.51. The minimum Gasteiger partial charge on any atom is -0.458 e. The maximum atomic E-state index is 11.6. The zero-order valence-electron chi connectivity index (χ0n) is 11.2. The second kappa shape index (κ2) is 3.70. The van der Waals surface area contributed by atoms with Crippen LogP contribution in [0.3, 0.4) is 0 Å². The van der Waals surface area contributed by atoms with Crippen LogP contribution >= 0.6 is 0 Å². The van der Waals surface area contributed by atoms with Crippen LogP contribution in [0.25, 0.3) is 0 Å². The number of carbonyl (C=O) groups excluding carboxylic acids is 1. The summed E-state index contributed by atoms with van der Waals surface area (Å²) in [5, 5.41) is 21.0. The van der Waals surface area contributed by atoms with Crippen molar-refractivity contribution >= 4 is 5.97 Å². The van der Waals surface area contributed by atoms with E-state index in [4.69, 9.17) is 4.74 Å². The van der Waals surface area contributed by atoms with Gasteiger partial charge in [0.25, 0.3) is 0 Å². The van der Waals surface area contributed by atoms with Crippen LogP contribution in [0.2, 0.25) is 0 Å². The fraction of sp³-hybridized carbons (Fsp3) is 0.667. The van der Waals surface area contributed by atoms with E-state index in [9.17, 15) is 15.0 Å². The lowest BCUT2D eigenvalue weighted by molar-refractivity contribution is -0.161. The quantitative estimate of drug-likeness (QED) is 0.393. The maximum absolute atomic E-state index is 11.6. The van der Waals surface area contributed by atoms with Crippen molar-refractivity contribution in [2.75, 3.05) is 0 Å². The molecule has 0 aromatic carbocycles. The van der Waals surface area contributed by atoms with Crippen molar-refractivity contribution in [2.24, 2.45) is 11.3 Å². The second-order valence-electron chi connectivity index (χ2n) is 6.48. The van der Waals surface area contributed by atoms with E-state index in [0.717, 1.165) is 0 Å². The summed E-state index contributed by atoms with van der Waals surface area (Å²) in [7, 11) is 0. The van der Waals surface area contributed by atoms with E-state index < -0.39 is 17.1 Å². The van der Waals surface area contributed by atoms with Gasteiger partial charge in [-0.2, -0.15) is 0 Å². The summed E-state index contributed by atoms with van der Waals surface area (Å²) in [5.41, 5.74) is -0.613. The second-order valence-corrected chi connectivity index (χ2v) is 6.48. The van der Waals surface area contributed by atoms with E-state index in [1.54, 1.807) is 0 Å². The number of aliphatic hydroxyl groups excluding tert-OH is 1. The summed E-state index contributed by atoms with van der Waals surface area (Å²) in [6, 6.07) is 0. The first-order valence-corrected chi connectivity index (χ1v) is 6.78. The third-order valence-electron chi connectivity index (χ3n) is 5.49. The molecule has 1 aliphatic heterocycles. The SMILES string of the molecule is C=C1C(=O)OC2CC3(C)CCC(O)C(=C)C3(O)CC12. The topological polar surface area (TPSA) is 66.8 Å². The minimum absolute atomic E-state index is 0.160. The van der Waals surface area contributed by atoms with Crippen LogP contribution in [0.1, 0.15) is 32.6 Å². The standard InChI is InChI=1S/C15H20O4/c1-8-10-6-15(18)9(2)11(16)4-5-14(15,3)7-12(10)19-13(8)17/h10-12,16,18H,1-2,4-7H2,3H3. The molecular weight excluding hydrogens is 244 g/mol. The van der Waals surface area contributed by atoms with Gasteiger partial charge in [-0.25, -0.2) is 4.79 Å². The zero-order valence-corrected chi connectivity index (χ0v) is 11.2. The fourth-order valence-electron chi connectivity index (χ4n) is 4.02. The zero-order chi connectivity index (χ0) is 14.0. The number of hydrogen-bond acceptors (Lipinski definition) is 4. The van der Waals surface area contributed by atoms with E-state index in [-0.39, 0.29) is 18.0 Å². The van der Waals surface area contributed by atoms with Gasteiger partial charge in [0.1, 0.15) is 6.10 Å². The van der Waals surface area contributed by atoms with E-state index >= 15 is 0 Å². The molecule has 2 saturated carbocycles. The lowest BCUT2D eigenvalue weighted by atomic mass is 9.52. The number of rotatable bonds is 0. The molecule has 3 aliphatic rings. The predicted octanol–water partition coefficient (Wildman–Crippen LogP) is 1.33. The summed E-state index contributed by atoms with van der Waals surface area (Å²) in [4.78, 5) is 11.6. The predicted molar refractivity (Wildman–Crippen MR) is 69.2 cm³/mol. The smallest absolute Gasteiger partial charge is 0.334 e. The van der Waals surface area contributed by atoms with Crippen molar-refractivity contribution in [2.45, 2.75) is 50.4 Å². The van der Waals surface area contributed by atoms with Gasteiger partial charge < -0.3 is 14.9 Å². The highest BCUT2D eigenvalue weighted by atomic mass is 16.6. The van der Waals surface area contributed by atoms with Crippen LogP contribution in [0.5, 0.6) is 0 Å². The molecule has 5 unspecified atom stereocenters. The number of esters is 1. The Morgan fingerprint density at radius 1 is 1.37 bits per heavy atom. The van der Waals surface area contributed by atoms with Crippen LogP contribution in [0, 0.1) is 11.3 Å². The van der Waals surface area contributed by atoms with Crippen molar-refractivity contribution < 1.29 is 19.7 Å². The molecule has 2 N–H and O–H groups in total. The van der Waals surface area contributed by atoms with Gasteiger partial charge in [0, 0.05) is 16.9 Å². The van der Waals surface area contributed by atoms with Crippen LogP contribution in [0.15, 0.2) is 24.3 Å². The number of hydrogen-bond donors (Lipinski definition) is 2. The Labute approximate surface area is 112 Å². The number of carbonyl (C=O) groups is 1. The molecule has 5 atom stereocenters. The molecule has 4 nitrogen and oxygen atoms in total. The van der Waals surface area contributed by atoms with Gasteiger partial charge in [0.05, 0.1) is 11.7 Å². The summed E-state index contributed by atoms with van der Waals surface area (Å²) < 4.78 is 5.36. The molecule has 0 aromatic rings. The Morgan fingerprint density at radius 3 is 2.74 bits per heavy atom. The molecule has 0 spiro atoms. The first-order chi connectivity index (χ1) is 8.78. The number of fused-ring (bicyclic) bond motifs is 2. The largest absolute Gasteiger partial charge is 0.458 e. The minimum atomic E-state index is -1.14. The van der Waals surface area contributed by atoms with Crippen LogP contribution < -0.4 is 0 Å². The lowest BCUT2D eigenvalue weighted by Gasteiger charge is -2.56. The van der Waals surface area contributed by atoms with E-state index in [0.29, 0.717) is 36.8 Å². The first-order valence-electron chi connectivity index (χ1n) is 6.78. The van der Waals surface area contributed by atoms with Crippen molar-refractivity contribution in [3.63, 3.8) is 0 Å². The molecule has 4 heteroatoms. The molecule has 0 aromatic heterocycles. The van der Waals surface area contributed by atoms with Gasteiger partial charge in [0.15, 0.2) is 0 Å². The average Bonchev–Trinajstić information content (AvgIpc) is 2.61. The highest BCUT2D eigenvalue weighted by molar-refractivity contribution is 5.91. The molecule has 3 fully saturated rings. The van der Waals surface area contributed by atoms with Gasteiger partial charge in [0.2, 0.25) is 0 Å². The van der Waals surface area contributed by atoms with E-state index in [1.807, 2.05) is 6.92 Å². The Bertz CT molecular complexity index is 483. The molecule has 0 amide bonds. The van der Waals surface area contributed by atoms with Crippen LogP contribution in [-0.4, -0.2) is 34.0 Å². The van der Waals surface area contributed by atoms with Crippen LogP contribution in [-0.2, 0) is 9.53 Å². The summed E-state index contributed by atoms with van der Waals surface area (Å²) in [5.74, 6) is -0.514. The van der Waals surface area contributed by atoms with Gasteiger partial charge in [-0.3, -0.25) is 0 Å².